The normalized spacial score (nSPS) is 10.1. The summed E-state index contributed by atoms with van der Waals surface area (Å²) in [6.07, 6.45) is 1.93. The highest BCUT2D eigenvalue weighted by molar-refractivity contribution is 7.11. The molecular formula is C11H12N2S. The Labute approximate surface area is 87.6 Å². The van der Waals surface area contributed by atoms with E-state index in [-0.39, 0.29) is 0 Å². The van der Waals surface area contributed by atoms with Crippen LogP contribution >= 0.6 is 11.3 Å². The summed E-state index contributed by atoms with van der Waals surface area (Å²) in [4.78, 5) is 5.48. The van der Waals surface area contributed by atoms with Crippen molar-refractivity contribution < 1.29 is 0 Å². The Balaban J connectivity index is 1.95. The molecule has 3 heteroatoms. The van der Waals surface area contributed by atoms with Gasteiger partial charge in [-0.3, -0.25) is 0 Å². The predicted octanol–water partition coefficient (Wildman–Crippen LogP) is 3.06. The summed E-state index contributed by atoms with van der Waals surface area (Å²) in [6, 6.07) is 10.2. The SMILES string of the molecule is Cc1ncc(CNc2ccccc2)s1. The van der Waals surface area contributed by atoms with Gasteiger partial charge in [-0.15, -0.1) is 11.3 Å². The van der Waals surface area contributed by atoms with Crippen LogP contribution in [-0.4, -0.2) is 4.98 Å². The van der Waals surface area contributed by atoms with E-state index in [4.69, 9.17) is 0 Å². The number of rotatable bonds is 3. The van der Waals surface area contributed by atoms with Gasteiger partial charge < -0.3 is 5.32 Å². The molecule has 0 aliphatic heterocycles. The quantitative estimate of drug-likeness (QED) is 0.831. The van der Waals surface area contributed by atoms with Gasteiger partial charge in [-0.1, -0.05) is 18.2 Å². The highest BCUT2D eigenvalue weighted by Gasteiger charge is 1.97. The maximum absolute atomic E-state index is 4.21. The van der Waals surface area contributed by atoms with Crippen molar-refractivity contribution in [3.05, 3.63) is 46.4 Å². The average Bonchev–Trinajstić information content (AvgIpc) is 2.63. The van der Waals surface area contributed by atoms with Crippen LogP contribution in [0.25, 0.3) is 0 Å². The molecule has 2 rings (SSSR count). The fourth-order valence-electron chi connectivity index (χ4n) is 1.23. The van der Waals surface area contributed by atoms with Gasteiger partial charge in [0.15, 0.2) is 0 Å². The highest BCUT2D eigenvalue weighted by Crippen LogP contribution is 2.13. The fourth-order valence-corrected chi connectivity index (χ4v) is 1.97. The molecule has 0 radical (unpaired) electrons. The van der Waals surface area contributed by atoms with E-state index in [1.165, 1.54) is 4.88 Å². The zero-order valence-corrected chi connectivity index (χ0v) is 8.84. The average molecular weight is 204 g/mol. The monoisotopic (exact) mass is 204 g/mol. The van der Waals surface area contributed by atoms with E-state index in [0.717, 1.165) is 17.2 Å². The number of benzene rings is 1. The van der Waals surface area contributed by atoms with Gasteiger partial charge in [0.2, 0.25) is 0 Å². The molecule has 1 aromatic heterocycles. The minimum atomic E-state index is 0.857. The molecule has 0 aliphatic rings. The lowest BCUT2D eigenvalue weighted by molar-refractivity contribution is 1.17. The first kappa shape index (κ1) is 9.21. The Morgan fingerprint density at radius 1 is 1.29 bits per heavy atom. The van der Waals surface area contributed by atoms with Crippen molar-refractivity contribution in [3.8, 4) is 0 Å². The van der Waals surface area contributed by atoms with Gasteiger partial charge in [-0.25, -0.2) is 4.98 Å². The molecule has 0 bridgehead atoms. The summed E-state index contributed by atoms with van der Waals surface area (Å²) >= 11 is 1.73. The number of hydrogen-bond acceptors (Lipinski definition) is 3. The van der Waals surface area contributed by atoms with Crippen molar-refractivity contribution in [1.82, 2.24) is 4.98 Å². The second-order valence-corrected chi connectivity index (χ2v) is 4.38. The minimum Gasteiger partial charge on any atom is -0.380 e. The molecule has 0 unspecified atom stereocenters. The van der Waals surface area contributed by atoms with E-state index in [9.17, 15) is 0 Å². The van der Waals surface area contributed by atoms with Gasteiger partial charge in [-0.05, 0) is 19.1 Å². The molecule has 0 aliphatic carbocycles. The van der Waals surface area contributed by atoms with Crippen LogP contribution < -0.4 is 5.32 Å². The fraction of sp³-hybridized carbons (Fsp3) is 0.182. The molecule has 0 saturated heterocycles. The van der Waals surface area contributed by atoms with Crippen molar-refractivity contribution in [2.75, 3.05) is 5.32 Å². The Hall–Kier alpha value is -1.35. The molecule has 0 atom stereocenters. The predicted molar refractivity (Wildman–Crippen MR) is 60.6 cm³/mol. The summed E-state index contributed by atoms with van der Waals surface area (Å²) in [5, 5.41) is 4.46. The van der Waals surface area contributed by atoms with Crippen molar-refractivity contribution in [2.45, 2.75) is 13.5 Å². The first-order valence-electron chi connectivity index (χ1n) is 4.55. The van der Waals surface area contributed by atoms with Crippen molar-refractivity contribution in [3.63, 3.8) is 0 Å². The summed E-state index contributed by atoms with van der Waals surface area (Å²) in [6.45, 7) is 2.88. The summed E-state index contributed by atoms with van der Waals surface area (Å²) < 4.78 is 0. The zero-order chi connectivity index (χ0) is 9.80. The van der Waals surface area contributed by atoms with Gasteiger partial charge in [0.05, 0.1) is 11.6 Å². The van der Waals surface area contributed by atoms with E-state index in [1.54, 1.807) is 11.3 Å². The number of para-hydroxylation sites is 1. The van der Waals surface area contributed by atoms with E-state index in [0.29, 0.717) is 0 Å². The molecule has 0 amide bonds. The van der Waals surface area contributed by atoms with Crippen molar-refractivity contribution >= 4 is 17.0 Å². The number of aryl methyl sites for hydroxylation is 1. The topological polar surface area (TPSA) is 24.9 Å². The van der Waals surface area contributed by atoms with E-state index >= 15 is 0 Å². The molecule has 1 heterocycles. The highest BCUT2D eigenvalue weighted by atomic mass is 32.1. The number of nitrogens with zero attached hydrogens (tertiary/aromatic N) is 1. The van der Waals surface area contributed by atoms with Crippen LogP contribution in [0.3, 0.4) is 0 Å². The maximum Gasteiger partial charge on any atom is 0.0897 e. The van der Waals surface area contributed by atoms with Gasteiger partial charge >= 0.3 is 0 Å². The molecule has 0 saturated carbocycles. The Bertz CT molecular complexity index is 395. The van der Waals surface area contributed by atoms with E-state index in [2.05, 4.69) is 22.4 Å². The second kappa shape index (κ2) is 4.24. The lowest BCUT2D eigenvalue weighted by Gasteiger charge is -2.02. The van der Waals surface area contributed by atoms with Crippen LogP contribution in [0.5, 0.6) is 0 Å². The van der Waals surface area contributed by atoms with Gasteiger partial charge in [0.25, 0.3) is 0 Å². The summed E-state index contributed by atoms with van der Waals surface area (Å²) in [5.41, 5.74) is 1.15. The van der Waals surface area contributed by atoms with Crippen LogP contribution in [0.2, 0.25) is 0 Å². The third kappa shape index (κ3) is 2.33. The first-order chi connectivity index (χ1) is 6.84. The minimum absolute atomic E-state index is 0.857. The number of nitrogens with one attached hydrogen (secondary N) is 1. The lowest BCUT2D eigenvalue weighted by atomic mass is 10.3. The van der Waals surface area contributed by atoms with Gasteiger partial charge in [0.1, 0.15) is 0 Å². The van der Waals surface area contributed by atoms with E-state index in [1.807, 2.05) is 31.3 Å². The Kier molecular flexibility index (Phi) is 2.79. The molecule has 72 valence electrons. The summed E-state index contributed by atoms with van der Waals surface area (Å²) in [7, 11) is 0. The molecule has 1 aromatic carbocycles. The molecule has 14 heavy (non-hydrogen) atoms. The zero-order valence-electron chi connectivity index (χ0n) is 8.03. The molecule has 1 N–H and O–H groups in total. The van der Waals surface area contributed by atoms with Crippen LogP contribution in [0.15, 0.2) is 36.5 Å². The van der Waals surface area contributed by atoms with Crippen LogP contribution in [0, 0.1) is 6.92 Å². The van der Waals surface area contributed by atoms with Gasteiger partial charge in [0, 0.05) is 16.8 Å². The molecular weight excluding hydrogens is 192 g/mol. The maximum atomic E-state index is 4.21. The van der Waals surface area contributed by atoms with Crippen LogP contribution in [0.1, 0.15) is 9.88 Å². The third-order valence-electron chi connectivity index (χ3n) is 1.91. The Morgan fingerprint density at radius 2 is 2.07 bits per heavy atom. The van der Waals surface area contributed by atoms with Crippen molar-refractivity contribution in [2.24, 2.45) is 0 Å². The lowest BCUT2D eigenvalue weighted by Crippen LogP contribution is -1.96. The Morgan fingerprint density at radius 3 is 2.71 bits per heavy atom. The first-order valence-corrected chi connectivity index (χ1v) is 5.36. The third-order valence-corrected chi connectivity index (χ3v) is 2.82. The van der Waals surface area contributed by atoms with Gasteiger partial charge in [-0.2, -0.15) is 0 Å². The molecule has 2 nitrogen and oxygen atoms in total. The molecule has 2 aromatic rings. The van der Waals surface area contributed by atoms with Crippen molar-refractivity contribution in [1.29, 1.82) is 0 Å². The second-order valence-electron chi connectivity index (χ2n) is 3.07. The number of hydrogen-bond donors (Lipinski definition) is 1. The molecule has 0 fully saturated rings. The standard InChI is InChI=1S/C11H12N2S/c1-9-12-7-11(14-9)8-13-10-5-3-2-4-6-10/h2-7,13H,8H2,1H3. The van der Waals surface area contributed by atoms with E-state index < -0.39 is 0 Å². The number of anilines is 1. The largest absolute Gasteiger partial charge is 0.380 e. The molecule has 0 spiro atoms. The smallest absolute Gasteiger partial charge is 0.0897 e. The summed E-state index contributed by atoms with van der Waals surface area (Å²) in [5.74, 6) is 0. The number of aromatic nitrogens is 1. The van der Waals surface area contributed by atoms with Crippen LogP contribution in [-0.2, 0) is 6.54 Å². The number of thiazole rings is 1. The van der Waals surface area contributed by atoms with Crippen LogP contribution in [0.4, 0.5) is 5.69 Å².